The third kappa shape index (κ3) is 3.22. The van der Waals surface area contributed by atoms with Gasteiger partial charge < -0.3 is 9.47 Å². The molecule has 0 aromatic heterocycles. The zero-order valence-corrected chi connectivity index (χ0v) is 10.8. The zero-order chi connectivity index (χ0) is 12.1. The van der Waals surface area contributed by atoms with Gasteiger partial charge in [-0.2, -0.15) is 0 Å². The Hall–Kier alpha value is -1.02. The van der Waals surface area contributed by atoms with Gasteiger partial charge in [-0.15, -0.1) is 0 Å². The number of rotatable bonds is 5. The SMILES string of the molecule is CCCCC1COC(c2ccc(OC)cc2)C1. The van der Waals surface area contributed by atoms with Crippen LogP contribution in [0.4, 0.5) is 0 Å². The summed E-state index contributed by atoms with van der Waals surface area (Å²) in [5.41, 5.74) is 1.28. The molecule has 2 unspecified atom stereocenters. The van der Waals surface area contributed by atoms with Gasteiger partial charge in [-0.25, -0.2) is 0 Å². The summed E-state index contributed by atoms with van der Waals surface area (Å²) in [6.07, 6.45) is 5.38. The van der Waals surface area contributed by atoms with Gasteiger partial charge in [0.05, 0.1) is 19.8 Å². The fraction of sp³-hybridized carbons (Fsp3) is 0.600. The molecule has 2 atom stereocenters. The van der Waals surface area contributed by atoms with E-state index in [1.165, 1.54) is 31.2 Å². The number of methoxy groups -OCH3 is 1. The predicted octanol–water partition coefficient (Wildman–Crippen LogP) is 3.96. The summed E-state index contributed by atoms with van der Waals surface area (Å²) in [5, 5.41) is 0. The van der Waals surface area contributed by atoms with Crippen molar-refractivity contribution in [1.82, 2.24) is 0 Å². The van der Waals surface area contributed by atoms with Crippen LogP contribution >= 0.6 is 0 Å². The average Bonchev–Trinajstić information content (AvgIpc) is 2.85. The molecule has 0 bridgehead atoms. The van der Waals surface area contributed by atoms with Crippen LogP contribution in [0.3, 0.4) is 0 Å². The molecular formula is C15H22O2. The van der Waals surface area contributed by atoms with E-state index in [2.05, 4.69) is 19.1 Å². The Balaban J connectivity index is 1.90. The first-order chi connectivity index (χ1) is 8.33. The highest BCUT2D eigenvalue weighted by Gasteiger charge is 2.25. The molecule has 17 heavy (non-hydrogen) atoms. The molecule has 0 aliphatic carbocycles. The third-order valence-corrected chi connectivity index (χ3v) is 3.53. The molecule has 94 valence electrons. The Morgan fingerprint density at radius 3 is 2.71 bits per heavy atom. The molecule has 0 saturated carbocycles. The van der Waals surface area contributed by atoms with E-state index in [4.69, 9.17) is 9.47 Å². The van der Waals surface area contributed by atoms with Crippen molar-refractivity contribution in [3.8, 4) is 5.75 Å². The molecule has 1 heterocycles. The molecule has 1 aromatic carbocycles. The van der Waals surface area contributed by atoms with E-state index in [-0.39, 0.29) is 0 Å². The van der Waals surface area contributed by atoms with Gasteiger partial charge in [0.2, 0.25) is 0 Å². The Kier molecular flexibility index (Phi) is 4.43. The molecule has 1 aliphatic rings. The predicted molar refractivity (Wildman–Crippen MR) is 69.3 cm³/mol. The quantitative estimate of drug-likeness (QED) is 0.767. The molecule has 0 radical (unpaired) electrons. The van der Waals surface area contributed by atoms with Crippen LogP contribution in [-0.4, -0.2) is 13.7 Å². The van der Waals surface area contributed by atoms with Crippen molar-refractivity contribution in [2.24, 2.45) is 5.92 Å². The summed E-state index contributed by atoms with van der Waals surface area (Å²) in [4.78, 5) is 0. The number of hydrogen-bond acceptors (Lipinski definition) is 2. The molecule has 0 spiro atoms. The lowest BCUT2D eigenvalue weighted by molar-refractivity contribution is 0.106. The van der Waals surface area contributed by atoms with Gasteiger partial charge >= 0.3 is 0 Å². The van der Waals surface area contributed by atoms with Crippen molar-refractivity contribution < 1.29 is 9.47 Å². The molecule has 0 amide bonds. The number of benzene rings is 1. The van der Waals surface area contributed by atoms with E-state index >= 15 is 0 Å². The van der Waals surface area contributed by atoms with E-state index in [1.807, 2.05) is 12.1 Å². The van der Waals surface area contributed by atoms with E-state index in [0.29, 0.717) is 6.10 Å². The van der Waals surface area contributed by atoms with Crippen LogP contribution in [0, 0.1) is 5.92 Å². The highest BCUT2D eigenvalue weighted by Crippen LogP contribution is 2.35. The number of ether oxygens (including phenoxy) is 2. The van der Waals surface area contributed by atoms with Crippen LogP contribution in [0.15, 0.2) is 24.3 Å². The second-order valence-electron chi connectivity index (χ2n) is 4.84. The van der Waals surface area contributed by atoms with Crippen LogP contribution < -0.4 is 4.74 Å². The van der Waals surface area contributed by atoms with Crippen LogP contribution in [0.5, 0.6) is 5.75 Å². The standard InChI is InChI=1S/C15H22O2/c1-3-4-5-12-10-15(17-11-12)13-6-8-14(16-2)9-7-13/h6-9,12,15H,3-5,10-11H2,1-2H3. The van der Waals surface area contributed by atoms with Crippen molar-refractivity contribution >= 4 is 0 Å². The van der Waals surface area contributed by atoms with Crippen molar-refractivity contribution in [2.75, 3.05) is 13.7 Å². The topological polar surface area (TPSA) is 18.5 Å². The lowest BCUT2D eigenvalue weighted by Gasteiger charge is -2.10. The fourth-order valence-corrected chi connectivity index (χ4v) is 2.44. The molecule has 2 rings (SSSR count). The van der Waals surface area contributed by atoms with E-state index in [1.54, 1.807) is 7.11 Å². The average molecular weight is 234 g/mol. The van der Waals surface area contributed by atoms with E-state index < -0.39 is 0 Å². The van der Waals surface area contributed by atoms with Crippen LogP contribution in [0.25, 0.3) is 0 Å². The van der Waals surface area contributed by atoms with Gasteiger partial charge in [0.25, 0.3) is 0 Å². The fourth-order valence-electron chi connectivity index (χ4n) is 2.44. The molecule has 1 saturated heterocycles. The van der Waals surface area contributed by atoms with E-state index in [9.17, 15) is 0 Å². The van der Waals surface area contributed by atoms with Crippen molar-refractivity contribution in [3.63, 3.8) is 0 Å². The Bertz CT molecular complexity index is 331. The summed E-state index contributed by atoms with van der Waals surface area (Å²) in [7, 11) is 1.70. The molecule has 2 heteroatoms. The summed E-state index contributed by atoms with van der Waals surface area (Å²) in [6, 6.07) is 8.26. The number of hydrogen-bond donors (Lipinski definition) is 0. The van der Waals surface area contributed by atoms with Crippen molar-refractivity contribution in [3.05, 3.63) is 29.8 Å². The normalized spacial score (nSPS) is 23.9. The Morgan fingerprint density at radius 1 is 1.29 bits per heavy atom. The van der Waals surface area contributed by atoms with Crippen LogP contribution in [0.1, 0.15) is 44.3 Å². The minimum absolute atomic E-state index is 0.294. The van der Waals surface area contributed by atoms with Gasteiger partial charge in [0, 0.05) is 0 Å². The largest absolute Gasteiger partial charge is 0.497 e. The first-order valence-corrected chi connectivity index (χ1v) is 6.59. The Labute approximate surface area is 104 Å². The molecule has 0 N–H and O–H groups in total. The monoisotopic (exact) mass is 234 g/mol. The molecule has 2 nitrogen and oxygen atoms in total. The number of unbranched alkanes of at least 4 members (excludes halogenated alkanes) is 1. The maximum Gasteiger partial charge on any atom is 0.118 e. The summed E-state index contributed by atoms with van der Waals surface area (Å²) in [6.45, 7) is 3.17. The van der Waals surface area contributed by atoms with Crippen molar-refractivity contribution in [1.29, 1.82) is 0 Å². The highest BCUT2D eigenvalue weighted by molar-refractivity contribution is 5.28. The molecule has 1 fully saturated rings. The Morgan fingerprint density at radius 2 is 2.06 bits per heavy atom. The summed E-state index contributed by atoms with van der Waals surface area (Å²) in [5.74, 6) is 1.66. The first kappa shape index (κ1) is 12.4. The van der Waals surface area contributed by atoms with Gasteiger partial charge in [-0.3, -0.25) is 0 Å². The smallest absolute Gasteiger partial charge is 0.118 e. The van der Waals surface area contributed by atoms with Gasteiger partial charge in [-0.05, 0) is 36.5 Å². The van der Waals surface area contributed by atoms with Crippen LogP contribution in [0.2, 0.25) is 0 Å². The minimum Gasteiger partial charge on any atom is -0.497 e. The van der Waals surface area contributed by atoms with Crippen molar-refractivity contribution in [2.45, 2.75) is 38.7 Å². The lowest BCUT2D eigenvalue weighted by atomic mass is 9.96. The van der Waals surface area contributed by atoms with Crippen LogP contribution in [-0.2, 0) is 4.74 Å². The minimum atomic E-state index is 0.294. The van der Waals surface area contributed by atoms with E-state index in [0.717, 1.165) is 18.3 Å². The second kappa shape index (κ2) is 6.06. The summed E-state index contributed by atoms with van der Waals surface area (Å²) >= 11 is 0. The third-order valence-electron chi connectivity index (χ3n) is 3.53. The zero-order valence-electron chi connectivity index (χ0n) is 10.8. The first-order valence-electron chi connectivity index (χ1n) is 6.59. The van der Waals surface area contributed by atoms with Gasteiger partial charge in [-0.1, -0.05) is 31.9 Å². The maximum absolute atomic E-state index is 5.88. The summed E-state index contributed by atoms with van der Waals surface area (Å²) < 4.78 is 11.0. The second-order valence-corrected chi connectivity index (χ2v) is 4.84. The molecular weight excluding hydrogens is 212 g/mol. The molecule has 1 aliphatic heterocycles. The highest BCUT2D eigenvalue weighted by atomic mass is 16.5. The van der Waals surface area contributed by atoms with Gasteiger partial charge in [0.15, 0.2) is 0 Å². The maximum atomic E-state index is 5.88. The molecule has 1 aromatic rings. The lowest BCUT2D eigenvalue weighted by Crippen LogP contribution is -1.98. The van der Waals surface area contributed by atoms with Gasteiger partial charge in [0.1, 0.15) is 5.75 Å².